The van der Waals surface area contributed by atoms with Crippen LogP contribution in [0.5, 0.6) is 0 Å². The van der Waals surface area contributed by atoms with Crippen molar-refractivity contribution in [3.8, 4) is 0 Å². The van der Waals surface area contributed by atoms with Gasteiger partial charge in [0.15, 0.2) is 12.2 Å². The standard InChI is InChI=1S/C30H39Cl2NO7/c1-20-11-12-22(17-21(20)2)9-6-4-8-16-39-27(28(30(37)38)40-19-26(34)35)29(36)33-15-7-3-5-10-23-13-14-24(31)25(32)18-23/h11-14,17-18,27-28H,3-10,15-16,19H2,1-2H3,(H,33,36)(H,34,35)(H,37,38). The number of amides is 1. The van der Waals surface area contributed by atoms with Gasteiger partial charge in [-0.05, 0) is 86.8 Å². The van der Waals surface area contributed by atoms with Gasteiger partial charge < -0.3 is 25.0 Å². The molecule has 2 atom stereocenters. The Morgan fingerprint density at radius 1 is 0.775 bits per heavy atom. The first kappa shape index (κ1) is 33.6. The number of benzene rings is 2. The highest BCUT2D eigenvalue weighted by atomic mass is 35.5. The lowest BCUT2D eigenvalue weighted by Gasteiger charge is -2.23. The summed E-state index contributed by atoms with van der Waals surface area (Å²) in [7, 11) is 0. The molecule has 40 heavy (non-hydrogen) atoms. The minimum Gasteiger partial charge on any atom is -0.480 e. The van der Waals surface area contributed by atoms with Crippen LogP contribution < -0.4 is 5.32 Å². The molecule has 8 nitrogen and oxygen atoms in total. The highest BCUT2D eigenvalue weighted by Gasteiger charge is 2.36. The number of ether oxygens (including phenoxy) is 2. The molecule has 0 saturated heterocycles. The van der Waals surface area contributed by atoms with Crippen molar-refractivity contribution >= 4 is 41.0 Å². The largest absolute Gasteiger partial charge is 0.480 e. The van der Waals surface area contributed by atoms with Gasteiger partial charge in [-0.25, -0.2) is 9.59 Å². The van der Waals surface area contributed by atoms with E-state index in [-0.39, 0.29) is 6.61 Å². The summed E-state index contributed by atoms with van der Waals surface area (Å²) in [5.74, 6) is -3.44. The summed E-state index contributed by atoms with van der Waals surface area (Å²) in [6, 6.07) is 11.9. The van der Waals surface area contributed by atoms with Crippen LogP contribution in [0.15, 0.2) is 36.4 Å². The molecular weight excluding hydrogens is 557 g/mol. The summed E-state index contributed by atoms with van der Waals surface area (Å²) in [5, 5.41) is 22.3. The van der Waals surface area contributed by atoms with Crippen molar-refractivity contribution in [3.05, 3.63) is 68.7 Å². The molecule has 0 spiro atoms. The Morgan fingerprint density at radius 2 is 1.43 bits per heavy atom. The Labute approximate surface area is 246 Å². The van der Waals surface area contributed by atoms with Gasteiger partial charge in [0.25, 0.3) is 5.91 Å². The van der Waals surface area contributed by atoms with Crippen LogP contribution in [0.2, 0.25) is 10.0 Å². The van der Waals surface area contributed by atoms with Gasteiger partial charge in [-0.2, -0.15) is 0 Å². The van der Waals surface area contributed by atoms with Crippen LogP contribution in [0, 0.1) is 13.8 Å². The molecule has 2 aromatic rings. The zero-order valence-corrected chi connectivity index (χ0v) is 24.6. The Kier molecular flexibility index (Phi) is 15.0. The highest BCUT2D eigenvalue weighted by molar-refractivity contribution is 6.42. The fourth-order valence-electron chi connectivity index (χ4n) is 4.17. The van der Waals surface area contributed by atoms with E-state index in [1.165, 1.54) is 16.7 Å². The summed E-state index contributed by atoms with van der Waals surface area (Å²) in [6.07, 6.45) is 3.26. The SMILES string of the molecule is Cc1ccc(CCCCCOC(C(=O)NCCCCCc2ccc(Cl)c(Cl)c2)C(OCC(=O)O)C(=O)O)cc1C. The number of carbonyl (C=O) groups is 3. The van der Waals surface area contributed by atoms with Gasteiger partial charge in [-0.1, -0.05) is 60.3 Å². The average molecular weight is 597 g/mol. The van der Waals surface area contributed by atoms with E-state index < -0.39 is 36.7 Å². The van der Waals surface area contributed by atoms with E-state index >= 15 is 0 Å². The van der Waals surface area contributed by atoms with E-state index in [2.05, 4.69) is 37.4 Å². The smallest absolute Gasteiger partial charge is 0.336 e. The van der Waals surface area contributed by atoms with E-state index in [1.807, 2.05) is 12.1 Å². The third-order valence-electron chi connectivity index (χ3n) is 6.57. The molecule has 3 N–H and O–H groups in total. The number of rotatable bonds is 19. The van der Waals surface area contributed by atoms with Crippen LogP contribution in [-0.2, 0) is 36.7 Å². The molecule has 2 aromatic carbocycles. The van der Waals surface area contributed by atoms with Gasteiger partial charge in [0.1, 0.15) is 6.61 Å². The third-order valence-corrected chi connectivity index (χ3v) is 7.31. The van der Waals surface area contributed by atoms with Crippen molar-refractivity contribution in [1.82, 2.24) is 5.32 Å². The van der Waals surface area contributed by atoms with Gasteiger partial charge in [0.05, 0.1) is 10.0 Å². The second kappa shape index (κ2) is 17.9. The van der Waals surface area contributed by atoms with Crippen LogP contribution in [-0.4, -0.2) is 60.0 Å². The number of aryl methyl sites for hydroxylation is 4. The normalized spacial score (nSPS) is 12.6. The van der Waals surface area contributed by atoms with Crippen molar-refractivity contribution in [2.75, 3.05) is 19.8 Å². The molecule has 0 radical (unpaired) electrons. The molecule has 10 heteroatoms. The summed E-state index contributed by atoms with van der Waals surface area (Å²) in [5.41, 5.74) is 4.83. The fraction of sp³-hybridized carbons (Fsp3) is 0.500. The van der Waals surface area contributed by atoms with Crippen LogP contribution in [0.1, 0.15) is 60.8 Å². The van der Waals surface area contributed by atoms with Crippen molar-refractivity contribution in [3.63, 3.8) is 0 Å². The van der Waals surface area contributed by atoms with Gasteiger partial charge in [0.2, 0.25) is 0 Å². The first-order valence-electron chi connectivity index (χ1n) is 13.5. The van der Waals surface area contributed by atoms with Gasteiger partial charge >= 0.3 is 11.9 Å². The summed E-state index contributed by atoms with van der Waals surface area (Å²) >= 11 is 12.0. The second-order valence-electron chi connectivity index (χ2n) is 9.83. The predicted molar refractivity (Wildman–Crippen MR) is 155 cm³/mol. The summed E-state index contributed by atoms with van der Waals surface area (Å²) in [6.45, 7) is 3.78. The van der Waals surface area contributed by atoms with Crippen molar-refractivity contribution in [1.29, 1.82) is 0 Å². The molecule has 0 fully saturated rings. The number of nitrogens with one attached hydrogen (secondary N) is 1. The molecule has 0 aromatic heterocycles. The molecule has 220 valence electrons. The average Bonchev–Trinajstić information content (AvgIpc) is 2.90. The minimum absolute atomic E-state index is 0.148. The van der Waals surface area contributed by atoms with Crippen molar-refractivity contribution < 1.29 is 34.1 Å². The van der Waals surface area contributed by atoms with E-state index in [0.29, 0.717) is 29.4 Å². The molecule has 0 aliphatic heterocycles. The molecule has 1 amide bonds. The molecule has 0 aliphatic carbocycles. The molecule has 0 aliphatic rings. The summed E-state index contributed by atoms with van der Waals surface area (Å²) < 4.78 is 10.7. The Morgan fingerprint density at radius 3 is 2.05 bits per heavy atom. The number of hydrogen-bond donors (Lipinski definition) is 3. The van der Waals surface area contributed by atoms with Crippen molar-refractivity contribution in [2.45, 2.75) is 77.4 Å². The number of halogens is 2. The zero-order valence-electron chi connectivity index (χ0n) is 23.1. The van der Waals surface area contributed by atoms with Crippen LogP contribution in [0.25, 0.3) is 0 Å². The number of hydrogen-bond acceptors (Lipinski definition) is 5. The maximum Gasteiger partial charge on any atom is 0.336 e. The first-order valence-corrected chi connectivity index (χ1v) is 14.3. The zero-order chi connectivity index (χ0) is 29.5. The number of carboxylic acids is 2. The number of carbonyl (C=O) groups excluding carboxylic acids is 1. The Bertz CT molecular complexity index is 1130. The molecule has 2 rings (SSSR count). The fourth-order valence-corrected chi connectivity index (χ4v) is 4.49. The maximum absolute atomic E-state index is 12.9. The Balaban J connectivity index is 1.81. The third kappa shape index (κ3) is 12.3. The molecular formula is C30H39Cl2NO7. The van der Waals surface area contributed by atoms with Crippen LogP contribution in [0.4, 0.5) is 0 Å². The maximum atomic E-state index is 12.9. The van der Waals surface area contributed by atoms with Crippen LogP contribution in [0.3, 0.4) is 0 Å². The number of unbranched alkanes of at least 4 members (excludes halogenated alkanes) is 4. The summed E-state index contributed by atoms with van der Waals surface area (Å²) in [4.78, 5) is 35.6. The first-order chi connectivity index (χ1) is 19.1. The van der Waals surface area contributed by atoms with Crippen molar-refractivity contribution in [2.24, 2.45) is 0 Å². The van der Waals surface area contributed by atoms with Crippen LogP contribution >= 0.6 is 23.2 Å². The minimum atomic E-state index is -1.73. The molecule has 0 saturated carbocycles. The lowest BCUT2D eigenvalue weighted by Crippen LogP contribution is -2.49. The molecule has 2 unspecified atom stereocenters. The lowest BCUT2D eigenvalue weighted by atomic mass is 10.0. The Hall–Kier alpha value is -2.65. The monoisotopic (exact) mass is 595 g/mol. The quantitative estimate of drug-likeness (QED) is 0.176. The highest BCUT2D eigenvalue weighted by Crippen LogP contribution is 2.23. The van der Waals surface area contributed by atoms with E-state index in [1.54, 1.807) is 6.07 Å². The van der Waals surface area contributed by atoms with Gasteiger partial charge in [0, 0.05) is 13.2 Å². The van der Waals surface area contributed by atoms with Gasteiger partial charge in [-0.15, -0.1) is 0 Å². The predicted octanol–water partition coefficient (Wildman–Crippen LogP) is 5.79. The molecule has 0 bridgehead atoms. The number of carboxylic acid groups (broad SMARTS) is 2. The van der Waals surface area contributed by atoms with E-state index in [9.17, 15) is 19.5 Å². The molecule has 0 heterocycles. The van der Waals surface area contributed by atoms with Gasteiger partial charge in [-0.3, -0.25) is 4.79 Å². The van der Waals surface area contributed by atoms with E-state index in [0.717, 1.165) is 44.1 Å². The lowest BCUT2D eigenvalue weighted by molar-refractivity contribution is -0.172. The topological polar surface area (TPSA) is 122 Å². The van der Waals surface area contributed by atoms with E-state index in [4.69, 9.17) is 37.8 Å². The second-order valence-corrected chi connectivity index (χ2v) is 10.6. The number of aliphatic carboxylic acids is 2.